The first kappa shape index (κ1) is 15.1. The van der Waals surface area contributed by atoms with Gasteiger partial charge in [-0.25, -0.2) is 8.78 Å². The molecule has 0 saturated heterocycles. The lowest BCUT2D eigenvalue weighted by Gasteiger charge is -2.25. The van der Waals surface area contributed by atoms with Crippen LogP contribution in [0, 0.1) is 11.6 Å². The molecule has 1 atom stereocenters. The highest BCUT2D eigenvalue weighted by Crippen LogP contribution is 2.37. The highest BCUT2D eigenvalue weighted by atomic mass is 19.1. The minimum atomic E-state index is -0.656. The average molecular weight is 303 g/mol. The minimum absolute atomic E-state index is 0.277. The van der Waals surface area contributed by atoms with Gasteiger partial charge in [0.25, 0.3) is 0 Å². The van der Waals surface area contributed by atoms with Gasteiger partial charge < -0.3 is 10.4 Å². The molecule has 2 aromatic carbocycles. The summed E-state index contributed by atoms with van der Waals surface area (Å²) in [5.41, 5.74) is 3.62. The number of aliphatic hydroxyl groups is 1. The molecule has 0 aliphatic heterocycles. The van der Waals surface area contributed by atoms with Crippen molar-refractivity contribution in [3.05, 3.63) is 70.3 Å². The average Bonchev–Trinajstić information content (AvgIpc) is 2.64. The van der Waals surface area contributed by atoms with Gasteiger partial charge in [0.05, 0.1) is 6.10 Å². The largest absolute Gasteiger partial charge is 0.391 e. The number of aliphatic hydroxyl groups excluding tert-OH is 1. The number of rotatable bonds is 3. The normalized spacial score (nSPS) is 15.8. The van der Waals surface area contributed by atoms with E-state index >= 15 is 0 Å². The molecule has 0 radical (unpaired) electrons. The van der Waals surface area contributed by atoms with Crippen LogP contribution in [0.5, 0.6) is 0 Å². The topological polar surface area (TPSA) is 32.3 Å². The van der Waals surface area contributed by atoms with Gasteiger partial charge >= 0.3 is 0 Å². The Balaban J connectivity index is 2.16. The van der Waals surface area contributed by atoms with E-state index in [1.54, 1.807) is 19.2 Å². The molecule has 0 heterocycles. The molecule has 0 spiro atoms. The minimum Gasteiger partial charge on any atom is -0.391 e. The number of hydrogen-bond acceptors (Lipinski definition) is 2. The molecule has 1 aliphatic rings. The van der Waals surface area contributed by atoms with E-state index in [1.807, 2.05) is 0 Å². The molecule has 0 bridgehead atoms. The Labute approximate surface area is 128 Å². The van der Waals surface area contributed by atoms with Crippen LogP contribution >= 0.6 is 0 Å². The highest BCUT2D eigenvalue weighted by Gasteiger charge is 2.29. The summed E-state index contributed by atoms with van der Waals surface area (Å²) < 4.78 is 27.1. The zero-order chi connectivity index (χ0) is 15.7. The third-order valence-electron chi connectivity index (χ3n) is 4.34. The summed E-state index contributed by atoms with van der Waals surface area (Å²) in [7, 11) is 1.77. The molecule has 0 fully saturated rings. The molecule has 4 heteroatoms. The fourth-order valence-corrected chi connectivity index (χ4v) is 3.37. The number of nitrogens with one attached hydrogen (secondary N) is 1. The first-order valence-corrected chi connectivity index (χ1v) is 7.49. The number of halogens is 2. The zero-order valence-corrected chi connectivity index (χ0v) is 12.4. The Morgan fingerprint density at radius 1 is 1.05 bits per heavy atom. The fourth-order valence-electron chi connectivity index (χ4n) is 3.37. The van der Waals surface area contributed by atoms with Crippen molar-refractivity contribution in [2.45, 2.75) is 24.9 Å². The monoisotopic (exact) mass is 303 g/mol. The van der Waals surface area contributed by atoms with Crippen LogP contribution in [0.1, 0.15) is 28.2 Å². The number of aryl methyl sites for hydroxylation is 2. The Hall–Kier alpha value is -1.78. The lowest BCUT2D eigenvalue weighted by Crippen LogP contribution is -2.31. The SMILES string of the molecule is CNCC(O)C1c2ccc(F)cc2CCc2cc(F)ccc21. The van der Waals surface area contributed by atoms with Crippen LogP contribution in [-0.4, -0.2) is 24.8 Å². The van der Waals surface area contributed by atoms with Gasteiger partial charge in [-0.3, -0.25) is 0 Å². The molecule has 0 amide bonds. The van der Waals surface area contributed by atoms with Gasteiger partial charge in [0, 0.05) is 12.5 Å². The summed E-state index contributed by atoms with van der Waals surface area (Å²) in [6.07, 6.45) is 0.634. The van der Waals surface area contributed by atoms with Crippen LogP contribution < -0.4 is 5.32 Å². The summed E-state index contributed by atoms with van der Waals surface area (Å²) in [6.45, 7) is 0.415. The van der Waals surface area contributed by atoms with Gasteiger partial charge in [-0.15, -0.1) is 0 Å². The maximum absolute atomic E-state index is 13.6. The first-order chi connectivity index (χ1) is 10.6. The van der Waals surface area contributed by atoms with Crippen molar-refractivity contribution in [1.29, 1.82) is 0 Å². The van der Waals surface area contributed by atoms with Crippen LogP contribution in [0.25, 0.3) is 0 Å². The summed E-state index contributed by atoms with van der Waals surface area (Å²) in [4.78, 5) is 0. The van der Waals surface area contributed by atoms with Crippen LogP contribution in [0.3, 0.4) is 0 Å². The van der Waals surface area contributed by atoms with Gasteiger partial charge in [0.2, 0.25) is 0 Å². The molecule has 1 unspecified atom stereocenters. The summed E-state index contributed by atoms with van der Waals surface area (Å²) in [5.74, 6) is -0.836. The second kappa shape index (κ2) is 6.15. The maximum atomic E-state index is 13.6. The van der Waals surface area contributed by atoms with Crippen LogP contribution in [0.15, 0.2) is 36.4 Å². The van der Waals surface area contributed by atoms with Crippen LogP contribution in [0.2, 0.25) is 0 Å². The fraction of sp³-hybridized carbons (Fsp3) is 0.333. The number of benzene rings is 2. The Morgan fingerprint density at radius 2 is 1.55 bits per heavy atom. The van der Waals surface area contributed by atoms with Crippen molar-refractivity contribution in [3.63, 3.8) is 0 Å². The van der Waals surface area contributed by atoms with E-state index < -0.39 is 6.10 Å². The Kier molecular flexibility index (Phi) is 4.23. The summed E-state index contributed by atoms with van der Waals surface area (Å²) >= 11 is 0. The van der Waals surface area contributed by atoms with Crippen LogP contribution in [0.4, 0.5) is 8.78 Å². The maximum Gasteiger partial charge on any atom is 0.123 e. The van der Waals surface area contributed by atoms with Gasteiger partial charge in [0.1, 0.15) is 11.6 Å². The third kappa shape index (κ3) is 2.76. The zero-order valence-electron chi connectivity index (χ0n) is 12.4. The molecule has 3 rings (SSSR count). The molecule has 116 valence electrons. The molecule has 2 nitrogen and oxygen atoms in total. The molecule has 0 aromatic heterocycles. The lowest BCUT2D eigenvalue weighted by atomic mass is 9.84. The van der Waals surface area contributed by atoms with E-state index in [-0.39, 0.29) is 17.6 Å². The summed E-state index contributed by atoms with van der Waals surface area (Å²) in [5, 5.41) is 13.6. The van der Waals surface area contributed by atoms with E-state index in [1.165, 1.54) is 24.3 Å². The van der Waals surface area contributed by atoms with E-state index in [0.29, 0.717) is 19.4 Å². The number of hydrogen-bond donors (Lipinski definition) is 2. The van der Waals surface area contributed by atoms with Crippen molar-refractivity contribution in [3.8, 4) is 0 Å². The highest BCUT2D eigenvalue weighted by molar-refractivity contribution is 5.46. The molecular weight excluding hydrogens is 284 g/mol. The number of likely N-dealkylation sites (N-methyl/N-ethyl adjacent to an activating group) is 1. The smallest absolute Gasteiger partial charge is 0.123 e. The standard InChI is InChI=1S/C18H19F2NO/c1-21-10-17(22)18-15-6-4-13(19)8-11(15)2-3-12-9-14(20)5-7-16(12)18/h4-9,17-18,21-22H,2-3,10H2,1H3. The molecule has 22 heavy (non-hydrogen) atoms. The van der Waals surface area contributed by atoms with Gasteiger partial charge in [-0.1, -0.05) is 12.1 Å². The van der Waals surface area contributed by atoms with Gasteiger partial charge in [-0.2, -0.15) is 0 Å². The van der Waals surface area contributed by atoms with Crippen molar-refractivity contribution >= 4 is 0 Å². The quantitative estimate of drug-likeness (QED) is 0.914. The lowest BCUT2D eigenvalue weighted by molar-refractivity contribution is 0.156. The molecular formula is C18H19F2NO. The van der Waals surface area contributed by atoms with Crippen LogP contribution in [-0.2, 0) is 12.8 Å². The van der Waals surface area contributed by atoms with Crippen molar-refractivity contribution < 1.29 is 13.9 Å². The molecule has 2 aromatic rings. The second-order valence-electron chi connectivity index (χ2n) is 5.79. The van der Waals surface area contributed by atoms with Gasteiger partial charge in [0.15, 0.2) is 0 Å². The molecule has 2 N–H and O–H groups in total. The second-order valence-corrected chi connectivity index (χ2v) is 5.79. The first-order valence-electron chi connectivity index (χ1n) is 7.49. The van der Waals surface area contributed by atoms with Crippen molar-refractivity contribution in [1.82, 2.24) is 5.32 Å². The molecule has 0 saturated carbocycles. The number of fused-ring (bicyclic) bond motifs is 2. The predicted octanol–water partition coefficient (Wildman–Crippen LogP) is 2.78. The van der Waals surface area contributed by atoms with E-state index in [9.17, 15) is 13.9 Å². The Morgan fingerprint density at radius 3 is 2.00 bits per heavy atom. The van der Waals surface area contributed by atoms with Crippen molar-refractivity contribution in [2.75, 3.05) is 13.6 Å². The summed E-state index contributed by atoms with van der Waals surface area (Å²) in [6, 6.07) is 9.38. The van der Waals surface area contributed by atoms with E-state index in [2.05, 4.69) is 5.32 Å². The van der Waals surface area contributed by atoms with Gasteiger partial charge in [-0.05, 0) is 66.4 Å². The van der Waals surface area contributed by atoms with E-state index in [0.717, 1.165) is 22.3 Å². The Bertz CT molecular complexity index is 633. The third-order valence-corrected chi connectivity index (χ3v) is 4.34. The van der Waals surface area contributed by atoms with Crippen molar-refractivity contribution in [2.24, 2.45) is 0 Å². The van der Waals surface area contributed by atoms with E-state index in [4.69, 9.17) is 0 Å². The predicted molar refractivity (Wildman–Crippen MR) is 82.0 cm³/mol. The molecule has 1 aliphatic carbocycles.